The van der Waals surface area contributed by atoms with Gasteiger partial charge in [0.2, 0.25) is 5.91 Å². The number of amides is 1. The van der Waals surface area contributed by atoms with Crippen LogP contribution < -0.4 is 9.64 Å². The zero-order valence-electron chi connectivity index (χ0n) is 21.1. The van der Waals surface area contributed by atoms with Crippen LogP contribution in [0.5, 0.6) is 5.75 Å². The van der Waals surface area contributed by atoms with Gasteiger partial charge in [-0.15, -0.1) is 0 Å². The fourth-order valence-corrected chi connectivity index (χ4v) is 5.07. The van der Waals surface area contributed by atoms with Crippen LogP contribution in [0, 0.1) is 17.6 Å². The smallest absolute Gasteiger partial charge is 0.233 e. The summed E-state index contributed by atoms with van der Waals surface area (Å²) in [6.07, 6.45) is 0.0198. The zero-order valence-corrected chi connectivity index (χ0v) is 21.1. The maximum atomic E-state index is 13.6. The summed E-state index contributed by atoms with van der Waals surface area (Å²) in [5, 5.41) is 10.7. The second kappa shape index (κ2) is 11.2. The van der Waals surface area contributed by atoms with Crippen molar-refractivity contribution in [2.75, 3.05) is 11.5 Å². The summed E-state index contributed by atoms with van der Waals surface area (Å²) < 4.78 is 32.4. The van der Waals surface area contributed by atoms with E-state index in [0.29, 0.717) is 30.7 Å². The zero-order chi connectivity index (χ0) is 26.6. The van der Waals surface area contributed by atoms with Crippen molar-refractivity contribution in [1.29, 1.82) is 0 Å². The van der Waals surface area contributed by atoms with Crippen LogP contribution in [0.25, 0.3) is 11.1 Å². The average molecular weight is 514 g/mol. The third-order valence-electron chi connectivity index (χ3n) is 7.08. The summed E-state index contributed by atoms with van der Waals surface area (Å²) in [7, 11) is 0. The SMILES string of the molecule is CCOc1ccc(-c2ccc([C@@H]3C(CC[C@H](O)c4ccc(F)cc4)C(=O)N3c3ccc(F)cc3)cc2)cc1. The number of halogens is 2. The van der Waals surface area contributed by atoms with E-state index in [1.54, 1.807) is 29.2 Å². The van der Waals surface area contributed by atoms with Gasteiger partial charge in [-0.2, -0.15) is 0 Å². The molecule has 1 fully saturated rings. The number of anilines is 1. The molecule has 38 heavy (non-hydrogen) atoms. The molecule has 6 heteroatoms. The Balaban J connectivity index is 1.37. The van der Waals surface area contributed by atoms with Gasteiger partial charge >= 0.3 is 0 Å². The predicted octanol–water partition coefficient (Wildman–Crippen LogP) is 7.25. The molecule has 0 radical (unpaired) electrons. The van der Waals surface area contributed by atoms with E-state index in [9.17, 15) is 18.7 Å². The van der Waals surface area contributed by atoms with Crippen molar-refractivity contribution < 1.29 is 23.4 Å². The second-order valence-electron chi connectivity index (χ2n) is 9.46. The van der Waals surface area contributed by atoms with Crippen molar-refractivity contribution in [3.05, 3.63) is 120 Å². The number of benzene rings is 4. The lowest BCUT2D eigenvalue weighted by atomic mass is 9.78. The topological polar surface area (TPSA) is 49.8 Å². The lowest BCUT2D eigenvalue weighted by Crippen LogP contribution is -2.55. The first-order valence-electron chi connectivity index (χ1n) is 12.8. The van der Waals surface area contributed by atoms with Crippen molar-refractivity contribution in [2.45, 2.75) is 31.9 Å². The monoisotopic (exact) mass is 513 g/mol. The lowest BCUT2D eigenvalue weighted by molar-refractivity contribution is -0.131. The van der Waals surface area contributed by atoms with Crippen LogP contribution in [0.1, 0.15) is 43.0 Å². The molecule has 0 saturated carbocycles. The van der Waals surface area contributed by atoms with Crippen LogP contribution in [0.3, 0.4) is 0 Å². The number of nitrogens with zero attached hydrogens (tertiary/aromatic N) is 1. The van der Waals surface area contributed by atoms with Crippen LogP contribution >= 0.6 is 0 Å². The number of hydrogen-bond donors (Lipinski definition) is 1. The molecule has 0 aliphatic carbocycles. The van der Waals surface area contributed by atoms with Crippen LogP contribution in [0.4, 0.5) is 14.5 Å². The normalized spacial score (nSPS) is 17.7. The Bertz CT molecular complexity index is 1370. The standard InChI is InChI=1S/C32H29F2NO3/c1-2-38-28-17-9-22(10-18-28)21-3-5-24(6-4-21)31-29(19-20-30(36)23-7-11-25(33)12-8-23)32(37)35(31)27-15-13-26(34)14-16-27/h3-18,29-31,36H,2,19-20H2,1H3/t29?,30-,31+/m0/s1. The van der Waals surface area contributed by atoms with Gasteiger partial charge < -0.3 is 14.7 Å². The van der Waals surface area contributed by atoms with Gasteiger partial charge in [0.25, 0.3) is 0 Å². The molecule has 0 bridgehead atoms. The van der Waals surface area contributed by atoms with Gasteiger partial charge in [-0.05, 0) is 90.6 Å². The Morgan fingerprint density at radius 2 is 1.37 bits per heavy atom. The van der Waals surface area contributed by atoms with E-state index >= 15 is 0 Å². The van der Waals surface area contributed by atoms with Crippen molar-refractivity contribution in [1.82, 2.24) is 0 Å². The molecule has 1 heterocycles. The van der Waals surface area contributed by atoms with Crippen molar-refractivity contribution >= 4 is 11.6 Å². The van der Waals surface area contributed by atoms with E-state index in [1.807, 2.05) is 55.5 Å². The quantitative estimate of drug-likeness (QED) is 0.240. The number of ether oxygens (including phenoxy) is 1. The molecule has 3 atom stereocenters. The highest BCUT2D eigenvalue weighted by atomic mass is 19.1. The Kier molecular flexibility index (Phi) is 7.52. The lowest BCUT2D eigenvalue weighted by Gasteiger charge is -2.48. The van der Waals surface area contributed by atoms with Gasteiger partial charge in [0.15, 0.2) is 0 Å². The third kappa shape index (κ3) is 5.31. The number of β-lactam (4-membered cyclic amide) rings is 1. The number of aliphatic hydroxyl groups is 1. The van der Waals surface area contributed by atoms with E-state index in [2.05, 4.69) is 0 Å². The maximum absolute atomic E-state index is 13.6. The molecule has 1 saturated heterocycles. The Labute approximate surface area is 221 Å². The van der Waals surface area contributed by atoms with Gasteiger partial charge in [-0.1, -0.05) is 48.5 Å². The molecule has 4 aromatic rings. The minimum Gasteiger partial charge on any atom is -0.494 e. The fraction of sp³-hybridized carbons (Fsp3) is 0.219. The Morgan fingerprint density at radius 1 is 0.816 bits per heavy atom. The van der Waals surface area contributed by atoms with Crippen LogP contribution in [-0.2, 0) is 4.79 Å². The number of rotatable bonds is 9. The van der Waals surface area contributed by atoms with E-state index in [-0.39, 0.29) is 29.5 Å². The van der Waals surface area contributed by atoms with Gasteiger partial charge in [0.1, 0.15) is 17.4 Å². The maximum Gasteiger partial charge on any atom is 0.233 e. The molecule has 194 valence electrons. The summed E-state index contributed by atoms with van der Waals surface area (Å²) in [5.74, 6) is -0.313. The van der Waals surface area contributed by atoms with Crippen LogP contribution in [0.15, 0.2) is 97.1 Å². The molecular weight excluding hydrogens is 484 g/mol. The molecule has 4 nitrogen and oxygen atoms in total. The van der Waals surface area contributed by atoms with Gasteiger partial charge in [0, 0.05) is 5.69 Å². The van der Waals surface area contributed by atoms with E-state index < -0.39 is 6.10 Å². The van der Waals surface area contributed by atoms with E-state index in [0.717, 1.165) is 22.4 Å². The second-order valence-corrected chi connectivity index (χ2v) is 9.46. The summed E-state index contributed by atoms with van der Waals surface area (Å²) in [4.78, 5) is 15.0. The first kappa shape index (κ1) is 25.6. The molecule has 0 spiro atoms. The highest BCUT2D eigenvalue weighted by Crippen LogP contribution is 2.46. The van der Waals surface area contributed by atoms with Crippen LogP contribution in [0.2, 0.25) is 0 Å². The summed E-state index contributed by atoms with van der Waals surface area (Å²) in [6, 6.07) is 27.4. The molecule has 1 unspecified atom stereocenters. The molecule has 1 amide bonds. The molecule has 1 aliphatic rings. The Morgan fingerprint density at radius 3 is 1.95 bits per heavy atom. The van der Waals surface area contributed by atoms with E-state index in [1.165, 1.54) is 24.3 Å². The summed E-state index contributed by atoms with van der Waals surface area (Å²) >= 11 is 0. The number of carbonyl (C=O) groups is 1. The third-order valence-corrected chi connectivity index (χ3v) is 7.08. The fourth-order valence-electron chi connectivity index (χ4n) is 5.07. The molecular formula is C32H29F2NO3. The average Bonchev–Trinajstić information content (AvgIpc) is 2.94. The summed E-state index contributed by atoms with van der Waals surface area (Å²) in [5.41, 5.74) is 4.31. The van der Waals surface area contributed by atoms with Gasteiger partial charge in [-0.25, -0.2) is 8.78 Å². The number of carbonyl (C=O) groups excluding carboxylic acids is 1. The largest absolute Gasteiger partial charge is 0.494 e. The molecule has 0 aromatic heterocycles. The highest BCUT2D eigenvalue weighted by Gasteiger charge is 2.48. The highest BCUT2D eigenvalue weighted by molar-refractivity contribution is 6.03. The molecule has 5 rings (SSSR count). The molecule has 1 N–H and O–H groups in total. The number of aliphatic hydroxyl groups excluding tert-OH is 1. The van der Waals surface area contributed by atoms with Crippen molar-refractivity contribution in [3.63, 3.8) is 0 Å². The van der Waals surface area contributed by atoms with E-state index in [4.69, 9.17) is 4.74 Å². The minimum atomic E-state index is -0.800. The first-order valence-corrected chi connectivity index (χ1v) is 12.8. The first-order chi connectivity index (χ1) is 18.4. The predicted molar refractivity (Wildman–Crippen MR) is 144 cm³/mol. The van der Waals surface area contributed by atoms with Crippen LogP contribution in [-0.4, -0.2) is 17.6 Å². The Hall–Kier alpha value is -4.03. The minimum absolute atomic E-state index is 0.0662. The molecule has 1 aliphatic heterocycles. The molecule has 4 aromatic carbocycles. The number of hydrogen-bond acceptors (Lipinski definition) is 3. The van der Waals surface area contributed by atoms with Gasteiger partial charge in [-0.3, -0.25) is 4.79 Å². The summed E-state index contributed by atoms with van der Waals surface area (Å²) in [6.45, 7) is 2.56. The van der Waals surface area contributed by atoms with Gasteiger partial charge in [0.05, 0.1) is 24.7 Å². The van der Waals surface area contributed by atoms with Crippen molar-refractivity contribution in [3.8, 4) is 16.9 Å². The van der Waals surface area contributed by atoms with Crippen molar-refractivity contribution in [2.24, 2.45) is 5.92 Å².